The van der Waals surface area contributed by atoms with Crippen LogP contribution in [0.25, 0.3) is 11.0 Å². The lowest BCUT2D eigenvalue weighted by atomic mass is 10.3. The third-order valence-electron chi connectivity index (χ3n) is 1.56. The van der Waals surface area contributed by atoms with E-state index >= 15 is 0 Å². The molecule has 13 heavy (non-hydrogen) atoms. The number of aromatic amines is 1. The molecule has 0 aliphatic heterocycles. The highest BCUT2D eigenvalue weighted by Crippen LogP contribution is 2.18. The summed E-state index contributed by atoms with van der Waals surface area (Å²) in [6.07, 6.45) is 0. The fourth-order valence-electron chi connectivity index (χ4n) is 1.06. The first kappa shape index (κ1) is 10.3. The molecule has 0 unspecified atom stereocenters. The third kappa shape index (κ3) is 2.14. The standard InChI is InChI=1S/C9H8N2S.BrH/c1-2-12-9-10-7-5-3-4-6-8(7)11-9;/h2-6H,1H2,(H,10,11);1H. The molecule has 1 aromatic heterocycles. The molecule has 1 aromatic carbocycles. The number of fused-ring (bicyclic) bond motifs is 1. The Morgan fingerprint density at radius 2 is 2.15 bits per heavy atom. The largest absolute Gasteiger partial charge is 0.333 e. The molecule has 1 N–H and O–H groups in total. The van der Waals surface area contributed by atoms with Crippen molar-refractivity contribution in [3.8, 4) is 0 Å². The fourth-order valence-corrected chi connectivity index (χ4v) is 1.54. The van der Waals surface area contributed by atoms with Gasteiger partial charge in [0.15, 0.2) is 5.16 Å². The van der Waals surface area contributed by atoms with Crippen LogP contribution < -0.4 is 0 Å². The van der Waals surface area contributed by atoms with Crippen LogP contribution in [0.4, 0.5) is 0 Å². The van der Waals surface area contributed by atoms with Crippen LogP contribution in [0, 0.1) is 0 Å². The van der Waals surface area contributed by atoms with Gasteiger partial charge < -0.3 is 4.98 Å². The van der Waals surface area contributed by atoms with Gasteiger partial charge in [0, 0.05) is 0 Å². The van der Waals surface area contributed by atoms with Crippen LogP contribution >= 0.6 is 28.7 Å². The van der Waals surface area contributed by atoms with Crippen molar-refractivity contribution in [3.63, 3.8) is 0 Å². The molecule has 2 nitrogen and oxygen atoms in total. The first-order valence-electron chi connectivity index (χ1n) is 3.62. The lowest BCUT2D eigenvalue weighted by Gasteiger charge is -1.82. The summed E-state index contributed by atoms with van der Waals surface area (Å²) in [5, 5.41) is 2.66. The fraction of sp³-hybridized carbons (Fsp3) is 0. The quantitative estimate of drug-likeness (QED) is 0.835. The Balaban J connectivity index is 0.000000845. The van der Waals surface area contributed by atoms with Crippen LogP contribution in [0.1, 0.15) is 0 Å². The molecule has 0 aliphatic carbocycles. The second kappa shape index (κ2) is 4.48. The van der Waals surface area contributed by atoms with Crippen molar-refractivity contribution in [2.45, 2.75) is 5.16 Å². The smallest absolute Gasteiger partial charge is 0.170 e. The van der Waals surface area contributed by atoms with Crippen LogP contribution in [-0.4, -0.2) is 9.97 Å². The molecule has 0 saturated carbocycles. The minimum absolute atomic E-state index is 0. The Morgan fingerprint density at radius 3 is 2.85 bits per heavy atom. The summed E-state index contributed by atoms with van der Waals surface area (Å²) >= 11 is 1.50. The van der Waals surface area contributed by atoms with E-state index in [1.165, 1.54) is 11.8 Å². The molecule has 0 spiro atoms. The van der Waals surface area contributed by atoms with Gasteiger partial charge in [0.05, 0.1) is 11.0 Å². The summed E-state index contributed by atoms with van der Waals surface area (Å²) in [5.74, 6) is 0. The van der Waals surface area contributed by atoms with Crippen molar-refractivity contribution >= 4 is 39.8 Å². The molecule has 0 radical (unpaired) electrons. The van der Waals surface area contributed by atoms with Gasteiger partial charge in [-0.1, -0.05) is 30.5 Å². The lowest BCUT2D eigenvalue weighted by Crippen LogP contribution is -1.67. The molecule has 0 aliphatic rings. The normalized spacial score (nSPS) is 9.54. The summed E-state index contributed by atoms with van der Waals surface area (Å²) in [4.78, 5) is 7.52. The van der Waals surface area contributed by atoms with E-state index in [2.05, 4.69) is 16.5 Å². The SMILES string of the molecule is Br.C=CSc1nc2ccccc2[nH]1. The average Bonchev–Trinajstić information content (AvgIpc) is 2.47. The van der Waals surface area contributed by atoms with Crippen molar-refractivity contribution in [1.82, 2.24) is 9.97 Å². The molecular formula is C9H9BrN2S. The molecule has 1 heterocycles. The number of rotatable bonds is 2. The molecule has 68 valence electrons. The average molecular weight is 257 g/mol. The molecule has 0 fully saturated rings. The zero-order valence-corrected chi connectivity index (χ0v) is 9.39. The second-order valence-corrected chi connectivity index (χ2v) is 3.30. The number of aromatic nitrogens is 2. The summed E-state index contributed by atoms with van der Waals surface area (Å²) in [6.45, 7) is 3.63. The summed E-state index contributed by atoms with van der Waals surface area (Å²) in [7, 11) is 0. The van der Waals surface area contributed by atoms with E-state index in [1.54, 1.807) is 5.41 Å². The highest BCUT2D eigenvalue weighted by Gasteiger charge is 1.98. The van der Waals surface area contributed by atoms with Crippen molar-refractivity contribution in [2.75, 3.05) is 0 Å². The van der Waals surface area contributed by atoms with Gasteiger partial charge >= 0.3 is 0 Å². The summed E-state index contributed by atoms with van der Waals surface area (Å²) in [6, 6.07) is 7.96. The van der Waals surface area contributed by atoms with Crippen LogP contribution in [0.3, 0.4) is 0 Å². The van der Waals surface area contributed by atoms with Gasteiger partial charge in [-0.3, -0.25) is 0 Å². The van der Waals surface area contributed by atoms with E-state index in [1.807, 2.05) is 24.3 Å². The van der Waals surface area contributed by atoms with E-state index < -0.39 is 0 Å². The third-order valence-corrected chi connectivity index (χ3v) is 2.15. The molecule has 2 aromatic rings. The molecule has 4 heteroatoms. The van der Waals surface area contributed by atoms with Gasteiger partial charge in [-0.25, -0.2) is 4.98 Å². The predicted molar refractivity (Wildman–Crippen MR) is 62.5 cm³/mol. The Morgan fingerprint density at radius 1 is 1.38 bits per heavy atom. The van der Waals surface area contributed by atoms with E-state index in [0.29, 0.717) is 0 Å². The first-order valence-corrected chi connectivity index (χ1v) is 4.50. The van der Waals surface area contributed by atoms with Crippen LogP contribution in [0.15, 0.2) is 41.4 Å². The van der Waals surface area contributed by atoms with Gasteiger partial charge in [-0.15, -0.1) is 17.0 Å². The van der Waals surface area contributed by atoms with E-state index in [0.717, 1.165) is 16.2 Å². The summed E-state index contributed by atoms with van der Waals surface area (Å²) < 4.78 is 0. The number of H-pyrrole nitrogens is 1. The number of imidazole rings is 1. The van der Waals surface area contributed by atoms with Gasteiger partial charge in [0.1, 0.15) is 0 Å². The summed E-state index contributed by atoms with van der Waals surface area (Å²) in [5.41, 5.74) is 2.07. The minimum atomic E-state index is 0. The molecule has 2 rings (SSSR count). The van der Waals surface area contributed by atoms with Crippen molar-refractivity contribution in [1.29, 1.82) is 0 Å². The van der Waals surface area contributed by atoms with Crippen LogP contribution in [0.5, 0.6) is 0 Å². The maximum atomic E-state index is 4.34. The zero-order valence-electron chi connectivity index (χ0n) is 6.86. The topological polar surface area (TPSA) is 28.7 Å². The van der Waals surface area contributed by atoms with Gasteiger partial charge in [0.2, 0.25) is 0 Å². The number of nitrogens with one attached hydrogen (secondary N) is 1. The maximum absolute atomic E-state index is 4.34. The van der Waals surface area contributed by atoms with Crippen molar-refractivity contribution in [2.24, 2.45) is 0 Å². The number of nitrogens with zero attached hydrogens (tertiary/aromatic N) is 1. The van der Waals surface area contributed by atoms with Crippen LogP contribution in [-0.2, 0) is 0 Å². The monoisotopic (exact) mass is 256 g/mol. The van der Waals surface area contributed by atoms with Crippen LogP contribution in [0.2, 0.25) is 0 Å². The predicted octanol–water partition coefficient (Wildman–Crippen LogP) is 3.38. The highest BCUT2D eigenvalue weighted by atomic mass is 79.9. The number of hydrogen-bond donors (Lipinski definition) is 1. The van der Waals surface area contributed by atoms with Gasteiger partial charge in [-0.2, -0.15) is 0 Å². The number of benzene rings is 1. The molecule has 0 atom stereocenters. The number of thioether (sulfide) groups is 1. The Kier molecular flexibility index (Phi) is 3.57. The van der Waals surface area contributed by atoms with Gasteiger partial charge in [0.25, 0.3) is 0 Å². The van der Waals surface area contributed by atoms with E-state index in [-0.39, 0.29) is 17.0 Å². The first-order chi connectivity index (χ1) is 5.90. The Hall–Kier alpha value is -0.740. The van der Waals surface area contributed by atoms with Crippen molar-refractivity contribution < 1.29 is 0 Å². The number of hydrogen-bond acceptors (Lipinski definition) is 2. The number of halogens is 1. The highest BCUT2D eigenvalue weighted by molar-refractivity contribution is 8.93. The van der Waals surface area contributed by atoms with E-state index in [9.17, 15) is 0 Å². The molecule has 0 amide bonds. The van der Waals surface area contributed by atoms with E-state index in [4.69, 9.17) is 0 Å². The second-order valence-electron chi connectivity index (χ2n) is 2.34. The maximum Gasteiger partial charge on any atom is 0.170 e. The minimum Gasteiger partial charge on any atom is -0.333 e. The number of para-hydroxylation sites is 2. The Labute approximate surface area is 91.2 Å². The Bertz CT molecular complexity index is 378. The van der Waals surface area contributed by atoms with Crippen molar-refractivity contribution in [3.05, 3.63) is 36.3 Å². The molecule has 0 saturated heterocycles. The zero-order chi connectivity index (χ0) is 8.39. The lowest BCUT2D eigenvalue weighted by molar-refractivity contribution is 1.09. The molecular weight excluding hydrogens is 248 g/mol. The molecule has 0 bridgehead atoms. The van der Waals surface area contributed by atoms with Gasteiger partial charge in [-0.05, 0) is 17.5 Å².